The molecule has 0 saturated carbocycles. The Hall–Kier alpha value is -1.63. The van der Waals surface area contributed by atoms with Crippen LogP contribution >= 0.6 is 0 Å². The third-order valence-electron chi connectivity index (χ3n) is 3.88. The van der Waals surface area contributed by atoms with Crippen LogP contribution in [0, 0.1) is 5.92 Å². The van der Waals surface area contributed by atoms with Crippen LogP contribution in [0.1, 0.15) is 39.0 Å². The van der Waals surface area contributed by atoms with Crippen LogP contribution in [-0.2, 0) is 16.0 Å². The Morgan fingerprint density at radius 3 is 2.86 bits per heavy atom. The molecule has 1 amide bonds. The zero-order chi connectivity index (χ0) is 15.9. The number of nitrogens with one attached hydrogen (secondary N) is 1. The fraction of sp³-hybridized carbons (Fsp3) is 0.800. The minimum atomic E-state index is 0.0457. The molecule has 1 fully saturated rings. The number of aryl methyl sites for hydroxylation is 1. The van der Waals surface area contributed by atoms with E-state index in [9.17, 15) is 4.79 Å². The van der Waals surface area contributed by atoms with Gasteiger partial charge in [-0.2, -0.15) is 4.98 Å². The van der Waals surface area contributed by atoms with Crippen LogP contribution in [0.25, 0.3) is 0 Å². The largest absolute Gasteiger partial charge is 0.383 e. The van der Waals surface area contributed by atoms with Gasteiger partial charge in [0, 0.05) is 38.6 Å². The van der Waals surface area contributed by atoms with E-state index in [4.69, 9.17) is 9.26 Å². The Bertz CT molecular complexity index is 469. The zero-order valence-electron chi connectivity index (χ0n) is 13.7. The molecule has 1 atom stereocenters. The molecule has 0 aliphatic carbocycles. The number of nitrogens with zero attached hydrogens (tertiary/aromatic N) is 3. The van der Waals surface area contributed by atoms with Gasteiger partial charge in [0.05, 0.1) is 6.61 Å². The summed E-state index contributed by atoms with van der Waals surface area (Å²) in [7, 11) is 1.64. The number of methoxy groups -OCH3 is 1. The molecule has 1 aliphatic heterocycles. The van der Waals surface area contributed by atoms with Crippen molar-refractivity contribution in [3.63, 3.8) is 0 Å². The molecule has 1 saturated heterocycles. The van der Waals surface area contributed by atoms with Crippen LogP contribution in [0.3, 0.4) is 0 Å². The zero-order valence-corrected chi connectivity index (χ0v) is 13.7. The lowest BCUT2D eigenvalue weighted by Gasteiger charge is -2.30. The quantitative estimate of drug-likeness (QED) is 0.820. The summed E-state index contributed by atoms with van der Waals surface area (Å²) in [6, 6.07) is 0.0457. The average molecular weight is 310 g/mol. The van der Waals surface area contributed by atoms with E-state index in [0.717, 1.165) is 38.8 Å². The van der Waals surface area contributed by atoms with Crippen molar-refractivity contribution < 1.29 is 14.1 Å². The SMILES string of the molecule is CCCc1nc(N2CCC(C(=O)NC(C)COC)CC2)no1. The molecule has 2 rings (SSSR count). The summed E-state index contributed by atoms with van der Waals surface area (Å²) in [4.78, 5) is 18.7. The number of carbonyl (C=O) groups excluding carboxylic acids is 1. The van der Waals surface area contributed by atoms with Gasteiger partial charge in [0.15, 0.2) is 0 Å². The van der Waals surface area contributed by atoms with E-state index in [1.807, 2.05) is 6.92 Å². The second-order valence-electron chi connectivity index (χ2n) is 5.86. The van der Waals surface area contributed by atoms with Gasteiger partial charge >= 0.3 is 0 Å². The van der Waals surface area contributed by atoms with E-state index in [-0.39, 0.29) is 17.9 Å². The van der Waals surface area contributed by atoms with E-state index in [1.165, 1.54) is 0 Å². The first kappa shape index (κ1) is 16.7. The first-order valence-corrected chi connectivity index (χ1v) is 8.00. The van der Waals surface area contributed by atoms with Crippen LogP contribution < -0.4 is 10.2 Å². The van der Waals surface area contributed by atoms with Crippen LogP contribution in [0.2, 0.25) is 0 Å². The molecule has 124 valence electrons. The van der Waals surface area contributed by atoms with Crippen molar-refractivity contribution in [2.75, 3.05) is 31.7 Å². The Labute approximate surface area is 131 Å². The first-order valence-electron chi connectivity index (χ1n) is 8.00. The van der Waals surface area contributed by atoms with Crippen molar-refractivity contribution in [2.24, 2.45) is 5.92 Å². The molecule has 1 aromatic rings. The summed E-state index contributed by atoms with van der Waals surface area (Å²) < 4.78 is 10.3. The van der Waals surface area contributed by atoms with E-state index < -0.39 is 0 Å². The number of carbonyl (C=O) groups is 1. The number of hydrogen-bond donors (Lipinski definition) is 1. The molecule has 2 heterocycles. The Balaban J connectivity index is 1.80. The lowest BCUT2D eigenvalue weighted by molar-refractivity contribution is -0.126. The van der Waals surface area contributed by atoms with Gasteiger partial charge in [-0.3, -0.25) is 4.79 Å². The summed E-state index contributed by atoms with van der Waals surface area (Å²) in [5, 5.41) is 7.02. The third-order valence-corrected chi connectivity index (χ3v) is 3.88. The maximum Gasteiger partial charge on any atom is 0.266 e. The summed E-state index contributed by atoms with van der Waals surface area (Å²) in [5.41, 5.74) is 0. The second-order valence-corrected chi connectivity index (χ2v) is 5.86. The van der Waals surface area contributed by atoms with Crippen LogP contribution in [0.15, 0.2) is 4.52 Å². The van der Waals surface area contributed by atoms with Crippen molar-refractivity contribution in [2.45, 2.75) is 45.6 Å². The lowest BCUT2D eigenvalue weighted by Crippen LogP contribution is -2.44. The Kier molecular flexibility index (Phi) is 6.18. The van der Waals surface area contributed by atoms with Crippen molar-refractivity contribution in [1.82, 2.24) is 15.5 Å². The standard InChI is InChI=1S/C15H26N4O3/c1-4-5-13-17-15(18-22-13)19-8-6-12(7-9-19)14(20)16-11(2)10-21-3/h11-12H,4-10H2,1-3H3,(H,16,20). The second kappa shape index (κ2) is 8.12. The van der Waals surface area contributed by atoms with E-state index in [0.29, 0.717) is 18.4 Å². The third kappa shape index (κ3) is 4.43. The molecule has 7 nitrogen and oxygen atoms in total. The van der Waals surface area contributed by atoms with Gasteiger partial charge in [-0.15, -0.1) is 0 Å². The van der Waals surface area contributed by atoms with Gasteiger partial charge < -0.3 is 19.5 Å². The predicted octanol–water partition coefficient (Wildman–Crippen LogP) is 1.39. The molecular weight excluding hydrogens is 284 g/mol. The van der Waals surface area contributed by atoms with Gasteiger partial charge in [0.1, 0.15) is 0 Å². The van der Waals surface area contributed by atoms with Crippen molar-refractivity contribution in [3.05, 3.63) is 5.89 Å². The van der Waals surface area contributed by atoms with Crippen molar-refractivity contribution >= 4 is 11.9 Å². The number of rotatable bonds is 7. The number of anilines is 1. The summed E-state index contributed by atoms with van der Waals surface area (Å²) >= 11 is 0. The monoisotopic (exact) mass is 310 g/mol. The topological polar surface area (TPSA) is 80.5 Å². The minimum absolute atomic E-state index is 0.0457. The highest BCUT2D eigenvalue weighted by Crippen LogP contribution is 2.21. The van der Waals surface area contributed by atoms with Crippen molar-refractivity contribution in [1.29, 1.82) is 0 Å². The van der Waals surface area contributed by atoms with E-state index in [1.54, 1.807) is 7.11 Å². The fourth-order valence-electron chi connectivity index (χ4n) is 2.68. The van der Waals surface area contributed by atoms with E-state index >= 15 is 0 Å². The molecule has 1 aliphatic rings. The van der Waals surface area contributed by atoms with Gasteiger partial charge in [-0.05, 0) is 31.3 Å². The molecule has 22 heavy (non-hydrogen) atoms. The van der Waals surface area contributed by atoms with Crippen LogP contribution in [0.4, 0.5) is 5.95 Å². The molecule has 1 aromatic heterocycles. The molecule has 0 bridgehead atoms. The molecule has 7 heteroatoms. The average Bonchev–Trinajstić information content (AvgIpc) is 2.96. The van der Waals surface area contributed by atoms with Gasteiger partial charge in [-0.1, -0.05) is 6.92 Å². The maximum absolute atomic E-state index is 12.2. The molecule has 1 unspecified atom stereocenters. The molecule has 0 radical (unpaired) electrons. The van der Waals surface area contributed by atoms with Crippen LogP contribution in [0.5, 0.6) is 0 Å². The summed E-state index contributed by atoms with van der Waals surface area (Å²) in [6.07, 6.45) is 3.42. The highest BCUT2D eigenvalue weighted by atomic mass is 16.5. The van der Waals surface area contributed by atoms with Gasteiger partial charge in [0.2, 0.25) is 11.8 Å². The predicted molar refractivity (Wildman–Crippen MR) is 82.7 cm³/mol. The molecule has 0 spiro atoms. The Morgan fingerprint density at radius 2 is 2.23 bits per heavy atom. The number of hydrogen-bond acceptors (Lipinski definition) is 6. The number of amides is 1. The highest BCUT2D eigenvalue weighted by Gasteiger charge is 2.27. The summed E-state index contributed by atoms with van der Waals surface area (Å²) in [6.45, 7) is 6.13. The first-order chi connectivity index (χ1) is 10.6. The van der Waals surface area contributed by atoms with Gasteiger partial charge in [0.25, 0.3) is 5.95 Å². The van der Waals surface area contributed by atoms with Crippen LogP contribution in [-0.4, -0.2) is 48.9 Å². The normalized spacial score (nSPS) is 17.5. The number of aromatic nitrogens is 2. The minimum Gasteiger partial charge on any atom is -0.383 e. The number of piperidine rings is 1. The highest BCUT2D eigenvalue weighted by molar-refractivity contribution is 5.79. The smallest absolute Gasteiger partial charge is 0.266 e. The summed E-state index contributed by atoms with van der Waals surface area (Å²) in [5.74, 6) is 1.50. The van der Waals surface area contributed by atoms with Crippen molar-refractivity contribution in [3.8, 4) is 0 Å². The Morgan fingerprint density at radius 1 is 1.50 bits per heavy atom. The molecular formula is C15H26N4O3. The van der Waals surface area contributed by atoms with Gasteiger partial charge in [-0.25, -0.2) is 0 Å². The maximum atomic E-state index is 12.2. The molecule has 0 aromatic carbocycles. The lowest BCUT2D eigenvalue weighted by atomic mass is 9.96. The van der Waals surface area contributed by atoms with E-state index in [2.05, 4.69) is 27.3 Å². The number of ether oxygens (including phenoxy) is 1. The molecule has 1 N–H and O–H groups in total. The fourth-order valence-corrected chi connectivity index (χ4v) is 2.68.